The van der Waals surface area contributed by atoms with Crippen molar-refractivity contribution in [3.8, 4) is 6.07 Å². The molecule has 16 heavy (non-hydrogen) atoms. The van der Waals surface area contributed by atoms with Gasteiger partial charge in [0.1, 0.15) is 24.4 Å². The minimum Gasteiger partial charge on any atom is -0.394 e. The fourth-order valence-electron chi connectivity index (χ4n) is 1.05. The predicted octanol–water partition coefficient (Wildman–Crippen LogP) is -3.24. The monoisotopic (exact) mass is 234 g/mol. The summed E-state index contributed by atoms with van der Waals surface area (Å²) in [6, 6.07) is 1.56. The summed E-state index contributed by atoms with van der Waals surface area (Å²) in [5.41, 5.74) is 0. The van der Waals surface area contributed by atoms with E-state index in [1.165, 1.54) is 0 Å². The Labute approximate surface area is 92.8 Å². The molecule has 0 saturated carbocycles. The van der Waals surface area contributed by atoms with Crippen LogP contribution in [0.3, 0.4) is 0 Å². The molecule has 0 saturated heterocycles. The normalized spacial score (nSPS) is 22.6. The summed E-state index contributed by atoms with van der Waals surface area (Å²) < 4.78 is 0. The molecule has 0 bridgehead atoms. The number of hydrogen-bond donors (Lipinski definition) is 6. The number of nitrogens with zero attached hydrogens (tertiary/aromatic N) is 1. The van der Waals surface area contributed by atoms with E-state index in [1.807, 2.05) is 0 Å². The standard InChI is InChI=1S/C9H16NO6/c1-4(2-10)6(13)8(15)9(16)7(14)5(12)3-11/h4-9,11-16H,1,3H2/t4?,5-,6?,7-,8-,9+/m1/s1. The Hall–Kier alpha value is -0.750. The average Bonchev–Trinajstić information content (AvgIpc) is 2.32. The van der Waals surface area contributed by atoms with Crippen molar-refractivity contribution in [2.24, 2.45) is 5.92 Å². The van der Waals surface area contributed by atoms with Crippen LogP contribution in [0.1, 0.15) is 0 Å². The van der Waals surface area contributed by atoms with E-state index in [4.69, 9.17) is 15.5 Å². The molecule has 0 rings (SSSR count). The molecule has 0 amide bonds. The number of aliphatic hydroxyl groups is 6. The van der Waals surface area contributed by atoms with Crippen molar-refractivity contribution < 1.29 is 30.6 Å². The highest BCUT2D eigenvalue weighted by atomic mass is 16.4. The van der Waals surface area contributed by atoms with E-state index in [9.17, 15) is 20.4 Å². The predicted molar refractivity (Wildman–Crippen MR) is 51.6 cm³/mol. The van der Waals surface area contributed by atoms with E-state index < -0.39 is 43.0 Å². The Morgan fingerprint density at radius 3 is 1.75 bits per heavy atom. The minimum absolute atomic E-state index is 0.812. The van der Waals surface area contributed by atoms with Crippen LogP contribution < -0.4 is 0 Å². The largest absolute Gasteiger partial charge is 0.394 e. The van der Waals surface area contributed by atoms with E-state index in [1.54, 1.807) is 6.07 Å². The van der Waals surface area contributed by atoms with Gasteiger partial charge in [0.15, 0.2) is 0 Å². The van der Waals surface area contributed by atoms with E-state index in [2.05, 4.69) is 6.92 Å². The summed E-state index contributed by atoms with van der Waals surface area (Å²) in [6.45, 7) is 2.40. The van der Waals surface area contributed by atoms with E-state index in [-0.39, 0.29) is 0 Å². The lowest BCUT2D eigenvalue weighted by Crippen LogP contribution is -2.51. The molecule has 6 N–H and O–H groups in total. The average molecular weight is 234 g/mol. The van der Waals surface area contributed by atoms with Crippen molar-refractivity contribution >= 4 is 0 Å². The Morgan fingerprint density at radius 1 is 0.938 bits per heavy atom. The summed E-state index contributed by atoms with van der Waals surface area (Å²) in [5.74, 6) is -1.19. The van der Waals surface area contributed by atoms with Crippen molar-refractivity contribution in [3.63, 3.8) is 0 Å². The quantitative estimate of drug-likeness (QED) is 0.283. The Bertz CT molecular complexity index is 243. The first-order valence-corrected chi connectivity index (χ1v) is 4.60. The van der Waals surface area contributed by atoms with Gasteiger partial charge < -0.3 is 30.6 Å². The highest BCUT2D eigenvalue weighted by Crippen LogP contribution is 2.13. The first-order valence-electron chi connectivity index (χ1n) is 4.60. The van der Waals surface area contributed by atoms with Gasteiger partial charge in [-0.25, -0.2) is 0 Å². The van der Waals surface area contributed by atoms with Crippen LogP contribution in [0.5, 0.6) is 0 Å². The zero-order valence-electron chi connectivity index (χ0n) is 8.51. The maximum atomic E-state index is 9.36. The third-order valence-electron chi connectivity index (χ3n) is 2.21. The van der Waals surface area contributed by atoms with Gasteiger partial charge in [-0.3, -0.25) is 0 Å². The molecule has 0 aromatic rings. The van der Waals surface area contributed by atoms with Crippen molar-refractivity contribution in [1.29, 1.82) is 5.26 Å². The fraction of sp³-hybridized carbons (Fsp3) is 0.778. The summed E-state index contributed by atoms with van der Waals surface area (Å²) >= 11 is 0. The van der Waals surface area contributed by atoms with Crippen molar-refractivity contribution in [3.05, 3.63) is 6.92 Å². The molecule has 1 radical (unpaired) electrons. The first-order chi connectivity index (χ1) is 7.36. The third-order valence-corrected chi connectivity index (χ3v) is 2.21. The van der Waals surface area contributed by atoms with Crippen LogP contribution in [0.2, 0.25) is 0 Å². The Morgan fingerprint density at radius 2 is 1.38 bits per heavy atom. The molecule has 0 aliphatic heterocycles. The smallest absolute Gasteiger partial charge is 0.111 e. The summed E-state index contributed by atoms with van der Waals surface area (Å²) in [7, 11) is 0. The van der Waals surface area contributed by atoms with Gasteiger partial charge in [-0.2, -0.15) is 5.26 Å². The molecule has 0 heterocycles. The topological polar surface area (TPSA) is 145 Å². The molecule has 7 nitrogen and oxygen atoms in total. The van der Waals surface area contributed by atoms with E-state index >= 15 is 0 Å². The van der Waals surface area contributed by atoms with Gasteiger partial charge in [0.05, 0.1) is 24.7 Å². The summed E-state index contributed by atoms with van der Waals surface area (Å²) in [4.78, 5) is 0. The lowest BCUT2D eigenvalue weighted by molar-refractivity contribution is -0.143. The van der Waals surface area contributed by atoms with Gasteiger partial charge in [0.2, 0.25) is 0 Å². The lowest BCUT2D eigenvalue weighted by Gasteiger charge is -2.29. The highest BCUT2D eigenvalue weighted by molar-refractivity contribution is 4.96. The minimum atomic E-state index is -1.89. The summed E-state index contributed by atoms with van der Waals surface area (Å²) in [5, 5.41) is 63.1. The number of aliphatic hydroxyl groups excluding tert-OH is 6. The molecule has 6 atom stereocenters. The van der Waals surface area contributed by atoms with Crippen molar-refractivity contribution in [1.82, 2.24) is 0 Å². The van der Waals surface area contributed by atoms with Gasteiger partial charge in [-0.05, 0) is 6.92 Å². The molecule has 7 heteroatoms. The second kappa shape index (κ2) is 6.75. The lowest BCUT2D eigenvalue weighted by atomic mass is 9.93. The van der Waals surface area contributed by atoms with Crippen molar-refractivity contribution in [2.75, 3.05) is 6.61 Å². The first kappa shape index (κ1) is 15.2. The van der Waals surface area contributed by atoms with Crippen LogP contribution in [-0.2, 0) is 0 Å². The summed E-state index contributed by atoms with van der Waals surface area (Å²) in [6.07, 6.45) is -8.89. The van der Waals surface area contributed by atoms with Gasteiger partial charge in [-0.15, -0.1) is 0 Å². The van der Waals surface area contributed by atoms with Crippen LogP contribution >= 0.6 is 0 Å². The molecule has 0 aliphatic rings. The SMILES string of the molecule is [CH2]C(C#N)C(O)[C@@H](O)[C@@H](O)[C@H](O)[C@H](O)CO. The number of hydrogen-bond acceptors (Lipinski definition) is 7. The second-order valence-electron chi connectivity index (χ2n) is 3.45. The highest BCUT2D eigenvalue weighted by Gasteiger charge is 2.36. The molecule has 0 aromatic heterocycles. The van der Waals surface area contributed by atoms with Gasteiger partial charge in [0, 0.05) is 0 Å². The maximum Gasteiger partial charge on any atom is 0.111 e. The Kier molecular flexibility index (Phi) is 6.43. The van der Waals surface area contributed by atoms with Crippen molar-refractivity contribution in [2.45, 2.75) is 30.5 Å². The van der Waals surface area contributed by atoms with Crippen LogP contribution in [0.4, 0.5) is 0 Å². The molecule has 93 valence electrons. The fourth-order valence-corrected chi connectivity index (χ4v) is 1.05. The van der Waals surface area contributed by atoms with Gasteiger partial charge >= 0.3 is 0 Å². The van der Waals surface area contributed by atoms with E-state index in [0.29, 0.717) is 0 Å². The molecular formula is C9H16NO6. The molecule has 0 spiro atoms. The molecule has 0 fully saturated rings. The molecular weight excluding hydrogens is 218 g/mol. The van der Waals surface area contributed by atoms with E-state index in [0.717, 1.165) is 0 Å². The zero-order valence-corrected chi connectivity index (χ0v) is 8.51. The Balaban J connectivity index is 4.49. The van der Waals surface area contributed by atoms with Crippen LogP contribution in [-0.4, -0.2) is 67.8 Å². The van der Waals surface area contributed by atoms with Crippen LogP contribution in [0, 0.1) is 24.2 Å². The van der Waals surface area contributed by atoms with Gasteiger partial charge in [0.25, 0.3) is 0 Å². The second-order valence-corrected chi connectivity index (χ2v) is 3.45. The number of rotatable bonds is 6. The zero-order chi connectivity index (χ0) is 12.9. The molecule has 2 unspecified atom stereocenters. The molecule has 0 aliphatic carbocycles. The van der Waals surface area contributed by atoms with Crippen LogP contribution in [0.25, 0.3) is 0 Å². The third kappa shape index (κ3) is 3.68. The van der Waals surface area contributed by atoms with Crippen LogP contribution in [0.15, 0.2) is 0 Å². The van der Waals surface area contributed by atoms with Gasteiger partial charge in [-0.1, -0.05) is 0 Å². The maximum absolute atomic E-state index is 9.36. The molecule has 0 aromatic carbocycles. The number of nitriles is 1.